The molecule has 0 aromatic rings. The molecule has 0 spiro atoms. The summed E-state index contributed by atoms with van der Waals surface area (Å²) in [5.74, 6) is 0.838. The van der Waals surface area contributed by atoms with Gasteiger partial charge in [0.1, 0.15) is 0 Å². The lowest BCUT2D eigenvalue weighted by molar-refractivity contribution is 0.623. The molecule has 0 heterocycles. The molecule has 0 heteroatoms. The first kappa shape index (κ1) is 8.58. The highest BCUT2D eigenvalue weighted by atomic mass is 14.1. The minimum absolute atomic E-state index is 0.838. The maximum Gasteiger partial charge on any atom is -0.0193 e. The van der Waals surface area contributed by atoms with E-state index < -0.39 is 0 Å². The lowest BCUT2D eigenvalue weighted by Crippen LogP contribution is -1.93. The third-order valence-corrected chi connectivity index (χ3v) is 2.53. The maximum absolute atomic E-state index is 2.37. The van der Waals surface area contributed by atoms with E-state index in [1.165, 1.54) is 24.8 Å². The Morgan fingerprint density at radius 1 is 1.36 bits per heavy atom. The summed E-state index contributed by atoms with van der Waals surface area (Å²) in [5.41, 5.74) is 3.06. The SMILES string of the molecule is CC(C)=C(C)CC1C=CCC1. The molecular formula is C11H18. The lowest BCUT2D eigenvalue weighted by Gasteiger charge is -2.08. The molecule has 0 aromatic heterocycles. The zero-order valence-corrected chi connectivity index (χ0v) is 7.85. The van der Waals surface area contributed by atoms with Crippen LogP contribution >= 0.6 is 0 Å². The Labute approximate surface area is 70.0 Å². The van der Waals surface area contributed by atoms with Gasteiger partial charge in [-0.1, -0.05) is 23.3 Å². The summed E-state index contributed by atoms with van der Waals surface area (Å²) in [5, 5.41) is 0. The van der Waals surface area contributed by atoms with Crippen LogP contribution in [0.4, 0.5) is 0 Å². The molecule has 0 fully saturated rings. The van der Waals surface area contributed by atoms with Gasteiger partial charge in [0.05, 0.1) is 0 Å². The normalized spacial score (nSPS) is 22.3. The van der Waals surface area contributed by atoms with Crippen molar-refractivity contribution in [1.29, 1.82) is 0 Å². The van der Waals surface area contributed by atoms with Gasteiger partial charge < -0.3 is 0 Å². The highest BCUT2D eigenvalue weighted by molar-refractivity contribution is 5.11. The fraction of sp³-hybridized carbons (Fsp3) is 0.636. The number of allylic oxidation sites excluding steroid dienone is 4. The third-order valence-electron chi connectivity index (χ3n) is 2.53. The van der Waals surface area contributed by atoms with Crippen LogP contribution in [0.1, 0.15) is 40.0 Å². The van der Waals surface area contributed by atoms with Gasteiger partial charge in [-0.15, -0.1) is 0 Å². The largest absolute Gasteiger partial charge is 0.0882 e. The van der Waals surface area contributed by atoms with Gasteiger partial charge in [0.25, 0.3) is 0 Å². The second-order valence-electron chi connectivity index (χ2n) is 3.75. The predicted molar refractivity (Wildman–Crippen MR) is 50.5 cm³/mol. The van der Waals surface area contributed by atoms with Gasteiger partial charge in [0.2, 0.25) is 0 Å². The Morgan fingerprint density at radius 2 is 2.09 bits per heavy atom. The summed E-state index contributed by atoms with van der Waals surface area (Å²) < 4.78 is 0. The molecule has 1 rings (SSSR count). The van der Waals surface area contributed by atoms with E-state index in [1.807, 2.05) is 0 Å². The summed E-state index contributed by atoms with van der Waals surface area (Å²) in [6, 6.07) is 0. The molecule has 11 heavy (non-hydrogen) atoms. The lowest BCUT2D eigenvalue weighted by atomic mass is 9.97. The average Bonchev–Trinajstić information content (AvgIpc) is 2.39. The van der Waals surface area contributed by atoms with Crippen LogP contribution < -0.4 is 0 Å². The number of hydrogen-bond acceptors (Lipinski definition) is 0. The van der Waals surface area contributed by atoms with Gasteiger partial charge in [-0.3, -0.25) is 0 Å². The smallest absolute Gasteiger partial charge is 0.0193 e. The Morgan fingerprint density at radius 3 is 2.55 bits per heavy atom. The van der Waals surface area contributed by atoms with Crippen LogP contribution in [0.3, 0.4) is 0 Å². The second-order valence-corrected chi connectivity index (χ2v) is 3.75. The second kappa shape index (κ2) is 3.75. The Hall–Kier alpha value is -0.520. The Kier molecular flexibility index (Phi) is 2.92. The van der Waals surface area contributed by atoms with Crippen molar-refractivity contribution in [1.82, 2.24) is 0 Å². The van der Waals surface area contributed by atoms with Crippen molar-refractivity contribution in [3.05, 3.63) is 23.3 Å². The van der Waals surface area contributed by atoms with E-state index in [2.05, 4.69) is 32.9 Å². The minimum Gasteiger partial charge on any atom is -0.0882 e. The van der Waals surface area contributed by atoms with Crippen molar-refractivity contribution >= 4 is 0 Å². The van der Waals surface area contributed by atoms with Crippen LogP contribution in [-0.2, 0) is 0 Å². The van der Waals surface area contributed by atoms with Gasteiger partial charge in [-0.05, 0) is 46.0 Å². The molecule has 0 saturated carbocycles. The molecule has 1 unspecified atom stereocenters. The first-order chi connectivity index (χ1) is 5.20. The monoisotopic (exact) mass is 150 g/mol. The zero-order chi connectivity index (χ0) is 8.27. The van der Waals surface area contributed by atoms with Crippen LogP contribution in [-0.4, -0.2) is 0 Å². The summed E-state index contributed by atoms with van der Waals surface area (Å²) in [7, 11) is 0. The van der Waals surface area contributed by atoms with Crippen molar-refractivity contribution in [3.8, 4) is 0 Å². The molecule has 62 valence electrons. The maximum atomic E-state index is 2.37. The predicted octanol–water partition coefficient (Wildman–Crippen LogP) is 3.70. The van der Waals surface area contributed by atoms with E-state index in [9.17, 15) is 0 Å². The van der Waals surface area contributed by atoms with Gasteiger partial charge in [-0.25, -0.2) is 0 Å². The van der Waals surface area contributed by atoms with Crippen LogP contribution in [0.2, 0.25) is 0 Å². The quantitative estimate of drug-likeness (QED) is 0.526. The first-order valence-corrected chi connectivity index (χ1v) is 4.49. The molecule has 1 atom stereocenters. The molecule has 0 radical (unpaired) electrons. The molecule has 0 saturated heterocycles. The summed E-state index contributed by atoms with van der Waals surface area (Å²) in [6.45, 7) is 6.66. The molecule has 0 amide bonds. The summed E-state index contributed by atoms with van der Waals surface area (Å²) in [4.78, 5) is 0. The van der Waals surface area contributed by atoms with Crippen LogP contribution in [0.5, 0.6) is 0 Å². The topological polar surface area (TPSA) is 0 Å². The Balaban J connectivity index is 2.42. The van der Waals surface area contributed by atoms with Crippen molar-refractivity contribution in [2.45, 2.75) is 40.0 Å². The summed E-state index contributed by atoms with van der Waals surface area (Å²) in [6.07, 6.45) is 8.61. The number of rotatable bonds is 2. The summed E-state index contributed by atoms with van der Waals surface area (Å²) >= 11 is 0. The van der Waals surface area contributed by atoms with Crippen LogP contribution in [0.25, 0.3) is 0 Å². The average molecular weight is 150 g/mol. The van der Waals surface area contributed by atoms with E-state index in [4.69, 9.17) is 0 Å². The molecule has 0 aliphatic heterocycles. The molecule has 1 aliphatic rings. The zero-order valence-electron chi connectivity index (χ0n) is 7.85. The minimum atomic E-state index is 0.838. The molecule has 0 N–H and O–H groups in total. The molecule has 0 aromatic carbocycles. The van der Waals surface area contributed by atoms with Gasteiger partial charge in [0.15, 0.2) is 0 Å². The fourth-order valence-corrected chi connectivity index (χ4v) is 1.46. The van der Waals surface area contributed by atoms with Crippen molar-refractivity contribution < 1.29 is 0 Å². The van der Waals surface area contributed by atoms with Gasteiger partial charge in [-0.2, -0.15) is 0 Å². The standard InChI is InChI=1S/C11H18/c1-9(2)10(3)8-11-6-4-5-7-11/h4,6,11H,5,7-8H2,1-3H3. The van der Waals surface area contributed by atoms with Crippen molar-refractivity contribution in [3.63, 3.8) is 0 Å². The van der Waals surface area contributed by atoms with Crippen molar-refractivity contribution in [2.24, 2.45) is 5.92 Å². The highest BCUT2D eigenvalue weighted by Crippen LogP contribution is 2.24. The van der Waals surface area contributed by atoms with E-state index >= 15 is 0 Å². The first-order valence-electron chi connectivity index (χ1n) is 4.49. The van der Waals surface area contributed by atoms with Crippen LogP contribution in [0.15, 0.2) is 23.3 Å². The van der Waals surface area contributed by atoms with E-state index in [0.29, 0.717) is 0 Å². The van der Waals surface area contributed by atoms with Gasteiger partial charge >= 0.3 is 0 Å². The van der Waals surface area contributed by atoms with Crippen LogP contribution in [0, 0.1) is 5.92 Å². The fourth-order valence-electron chi connectivity index (χ4n) is 1.46. The molecular weight excluding hydrogens is 132 g/mol. The molecule has 0 bridgehead atoms. The molecule has 1 aliphatic carbocycles. The molecule has 0 nitrogen and oxygen atoms in total. The van der Waals surface area contributed by atoms with E-state index in [1.54, 1.807) is 5.57 Å². The Bertz CT molecular complexity index is 180. The third kappa shape index (κ3) is 2.53. The number of hydrogen-bond donors (Lipinski definition) is 0. The van der Waals surface area contributed by atoms with E-state index in [-0.39, 0.29) is 0 Å². The van der Waals surface area contributed by atoms with Crippen molar-refractivity contribution in [2.75, 3.05) is 0 Å². The highest BCUT2D eigenvalue weighted by Gasteiger charge is 2.09. The van der Waals surface area contributed by atoms with E-state index in [0.717, 1.165) is 5.92 Å². The van der Waals surface area contributed by atoms with Gasteiger partial charge in [0, 0.05) is 0 Å².